The molecule has 2 heterocycles. The van der Waals surface area contributed by atoms with Crippen LogP contribution in [0.3, 0.4) is 0 Å². The summed E-state index contributed by atoms with van der Waals surface area (Å²) in [4.78, 5) is 57.6. The monoisotopic (exact) mass is 638 g/mol. The largest absolute Gasteiger partial charge is 0.399 e. The van der Waals surface area contributed by atoms with Gasteiger partial charge in [-0.3, -0.25) is 34.6 Å². The van der Waals surface area contributed by atoms with Crippen LogP contribution in [0.1, 0.15) is 31.1 Å². The van der Waals surface area contributed by atoms with Crippen molar-refractivity contribution in [3.05, 3.63) is 110 Å². The van der Waals surface area contributed by atoms with Gasteiger partial charge in [0.15, 0.2) is 0 Å². The fourth-order valence-electron chi connectivity index (χ4n) is 3.96. The smallest absolute Gasteiger partial charge is 0.269 e. The summed E-state index contributed by atoms with van der Waals surface area (Å²) >= 11 is 5.13. The molecule has 3 aromatic rings. The second kappa shape index (κ2) is 18.1. The first-order valence-electron chi connectivity index (χ1n) is 13.3. The van der Waals surface area contributed by atoms with Crippen LogP contribution in [0.15, 0.2) is 72.8 Å². The molecule has 2 saturated heterocycles. The lowest BCUT2D eigenvalue weighted by molar-refractivity contribution is -0.385. The van der Waals surface area contributed by atoms with Crippen LogP contribution in [-0.4, -0.2) is 97.7 Å². The normalized spacial score (nSPS) is 13.9. The van der Waals surface area contributed by atoms with Crippen molar-refractivity contribution in [1.29, 1.82) is 0 Å². The first-order chi connectivity index (χ1) is 21.1. The molecule has 0 aliphatic carbocycles. The molecule has 2 fully saturated rings. The minimum atomic E-state index is -0.620. The molecule has 0 spiro atoms. The zero-order valence-corrected chi connectivity index (χ0v) is 24.8. The van der Waals surface area contributed by atoms with Gasteiger partial charge in [-0.15, -0.1) is 0 Å². The summed E-state index contributed by atoms with van der Waals surface area (Å²) in [6.45, 7) is 4.80. The highest BCUT2D eigenvalue weighted by Crippen LogP contribution is 2.15. The highest BCUT2D eigenvalue weighted by molar-refractivity contribution is 6.67. The third kappa shape index (κ3) is 11.3. The maximum absolute atomic E-state index is 12.0. The summed E-state index contributed by atoms with van der Waals surface area (Å²) in [5.74, 6) is -0.0542. The van der Waals surface area contributed by atoms with Gasteiger partial charge in [0.25, 0.3) is 28.4 Å². The van der Waals surface area contributed by atoms with Gasteiger partial charge >= 0.3 is 0 Å². The van der Waals surface area contributed by atoms with Gasteiger partial charge < -0.3 is 25.0 Å². The number of nitrogens with two attached hydrogens (primary N) is 1. The molecule has 3 aromatic carbocycles. The number of anilines is 1. The molecular weight excluding hydrogens is 609 g/mol. The number of benzene rings is 3. The molecule has 0 atom stereocenters. The summed E-state index contributed by atoms with van der Waals surface area (Å²) in [5.41, 5.74) is 7.57. The molecule has 3 radical (unpaired) electrons. The van der Waals surface area contributed by atoms with E-state index in [1.54, 1.807) is 34.1 Å². The molecular formula is C29H30BClN5O9. The highest BCUT2D eigenvalue weighted by Gasteiger charge is 2.19. The number of hydrogen-bond acceptors (Lipinski definition) is 10. The molecule has 5 rings (SSSR count). The SMILES string of the molecule is Nc1ccc(C(=O)N2CCOCC2)cc1.O=C(Cl)c1ccc([N+](=O)[O-])cc1.O=C(c1ccc([N+](=O)[O-])cc1)N1CCOCC1.[B]. The van der Waals surface area contributed by atoms with Gasteiger partial charge in [0.2, 0.25) is 0 Å². The molecule has 0 saturated carbocycles. The molecule has 2 amide bonds. The lowest BCUT2D eigenvalue weighted by atomic mass is 10.2. The predicted octanol–water partition coefficient (Wildman–Crippen LogP) is 3.40. The number of amides is 2. The molecule has 0 aromatic heterocycles. The van der Waals surface area contributed by atoms with Crippen LogP contribution >= 0.6 is 11.6 Å². The van der Waals surface area contributed by atoms with Crippen molar-refractivity contribution < 1.29 is 33.7 Å². The molecule has 2 aliphatic heterocycles. The molecule has 235 valence electrons. The number of carbonyl (C=O) groups is 3. The third-order valence-corrected chi connectivity index (χ3v) is 6.60. The summed E-state index contributed by atoms with van der Waals surface area (Å²) in [7, 11) is 0. The van der Waals surface area contributed by atoms with E-state index in [1.165, 1.54) is 48.5 Å². The first-order valence-corrected chi connectivity index (χ1v) is 13.7. The Morgan fingerprint density at radius 2 is 0.933 bits per heavy atom. The van der Waals surface area contributed by atoms with Gasteiger partial charge in [-0.1, -0.05) is 0 Å². The van der Waals surface area contributed by atoms with Crippen LogP contribution in [0.5, 0.6) is 0 Å². The summed E-state index contributed by atoms with van der Waals surface area (Å²) < 4.78 is 10.3. The van der Waals surface area contributed by atoms with Crippen molar-refractivity contribution in [2.24, 2.45) is 0 Å². The summed E-state index contributed by atoms with van der Waals surface area (Å²) in [5, 5.41) is 20.0. The maximum atomic E-state index is 12.0. The van der Waals surface area contributed by atoms with E-state index in [1.807, 2.05) is 0 Å². The van der Waals surface area contributed by atoms with E-state index in [-0.39, 0.29) is 37.2 Å². The van der Waals surface area contributed by atoms with E-state index in [2.05, 4.69) is 0 Å². The number of morpholine rings is 2. The number of hydrogen-bond donors (Lipinski definition) is 1. The Morgan fingerprint density at radius 1 is 0.622 bits per heavy atom. The highest BCUT2D eigenvalue weighted by atomic mass is 35.5. The number of nitrogen functional groups attached to an aromatic ring is 1. The number of halogens is 1. The zero-order chi connectivity index (χ0) is 32.1. The minimum Gasteiger partial charge on any atom is -0.399 e. The number of ether oxygens (including phenoxy) is 2. The zero-order valence-electron chi connectivity index (χ0n) is 24.1. The molecule has 14 nitrogen and oxygen atoms in total. The van der Waals surface area contributed by atoms with Gasteiger partial charge in [-0.2, -0.15) is 0 Å². The van der Waals surface area contributed by atoms with Crippen molar-refractivity contribution in [1.82, 2.24) is 9.80 Å². The number of nitro benzene ring substituents is 2. The van der Waals surface area contributed by atoms with Crippen LogP contribution in [0, 0.1) is 20.2 Å². The quantitative estimate of drug-likeness (QED) is 0.143. The topological polar surface area (TPSA) is 188 Å². The van der Waals surface area contributed by atoms with Gasteiger partial charge in [0.1, 0.15) is 0 Å². The Labute approximate surface area is 265 Å². The van der Waals surface area contributed by atoms with Crippen molar-refractivity contribution in [2.45, 2.75) is 0 Å². The Balaban J connectivity index is 0.000000236. The van der Waals surface area contributed by atoms with E-state index in [0.717, 1.165) is 0 Å². The Kier molecular flexibility index (Phi) is 14.6. The first kappa shape index (κ1) is 36.3. The second-order valence-electron chi connectivity index (χ2n) is 9.31. The van der Waals surface area contributed by atoms with Gasteiger partial charge in [0.05, 0.1) is 36.3 Å². The molecule has 0 bridgehead atoms. The van der Waals surface area contributed by atoms with Crippen LogP contribution in [0.4, 0.5) is 17.1 Å². The molecule has 45 heavy (non-hydrogen) atoms. The van der Waals surface area contributed by atoms with E-state index < -0.39 is 15.1 Å². The lowest BCUT2D eigenvalue weighted by Crippen LogP contribution is -2.40. The van der Waals surface area contributed by atoms with Crippen LogP contribution < -0.4 is 5.73 Å². The second-order valence-corrected chi connectivity index (χ2v) is 9.66. The van der Waals surface area contributed by atoms with Gasteiger partial charge in [-0.05, 0) is 60.1 Å². The maximum Gasteiger partial charge on any atom is 0.269 e. The number of rotatable bonds is 5. The number of carbonyl (C=O) groups excluding carboxylic acids is 3. The number of non-ortho nitro benzene ring substituents is 2. The molecule has 2 N–H and O–H groups in total. The lowest BCUT2D eigenvalue weighted by Gasteiger charge is -2.26. The Hall–Kier alpha value is -4.86. The minimum absolute atomic E-state index is 0. The standard InChI is InChI=1S/C11H12N2O4.C11H14N2O2.C7H4ClNO3.B/c14-11(12-5-7-17-8-6-12)9-1-3-10(4-2-9)13(15)16;12-10-3-1-9(2-4-10)11(14)13-5-7-15-8-6-13;8-7(10)5-1-3-6(4-2-5)9(11)12;/h1-4H,5-8H2;1-4H,5-8,12H2;1-4H;. The third-order valence-electron chi connectivity index (χ3n) is 6.38. The van der Waals surface area contributed by atoms with Crippen molar-refractivity contribution >= 4 is 54.1 Å². The van der Waals surface area contributed by atoms with Crippen LogP contribution in [-0.2, 0) is 9.47 Å². The molecule has 2 aliphatic rings. The van der Waals surface area contributed by atoms with Gasteiger partial charge in [0, 0.05) is 81.2 Å². The number of nitrogens with zero attached hydrogens (tertiary/aromatic N) is 4. The Morgan fingerprint density at radius 3 is 1.24 bits per heavy atom. The molecule has 16 heteroatoms. The fourth-order valence-corrected chi connectivity index (χ4v) is 4.09. The van der Waals surface area contributed by atoms with Gasteiger partial charge in [-0.25, -0.2) is 0 Å². The Bertz CT molecular complexity index is 1410. The van der Waals surface area contributed by atoms with E-state index in [0.29, 0.717) is 69.4 Å². The summed E-state index contributed by atoms with van der Waals surface area (Å²) in [6, 6.07) is 17.7. The predicted molar refractivity (Wildman–Crippen MR) is 166 cm³/mol. The molecule has 0 unspecified atom stereocenters. The van der Waals surface area contributed by atoms with Crippen LogP contribution in [0.2, 0.25) is 0 Å². The average molecular weight is 639 g/mol. The average Bonchev–Trinajstić information content (AvgIpc) is 3.06. The fraction of sp³-hybridized carbons (Fsp3) is 0.276. The van der Waals surface area contributed by atoms with Crippen molar-refractivity contribution in [3.8, 4) is 0 Å². The van der Waals surface area contributed by atoms with Crippen molar-refractivity contribution in [2.75, 3.05) is 58.3 Å². The van der Waals surface area contributed by atoms with Crippen molar-refractivity contribution in [3.63, 3.8) is 0 Å². The number of nitro groups is 2. The summed E-state index contributed by atoms with van der Waals surface area (Å²) in [6.07, 6.45) is 0. The van der Waals surface area contributed by atoms with E-state index in [9.17, 15) is 34.6 Å². The van der Waals surface area contributed by atoms with E-state index in [4.69, 9.17) is 26.8 Å². The van der Waals surface area contributed by atoms with Crippen LogP contribution in [0.25, 0.3) is 0 Å². The van der Waals surface area contributed by atoms with E-state index >= 15 is 0 Å².